The molecule has 1 N–H and O–H groups in total. The van der Waals surface area contributed by atoms with E-state index in [-0.39, 0.29) is 60.9 Å². The molecule has 318 valence electrons. The molecule has 6 aromatic carbocycles. The van der Waals surface area contributed by atoms with Gasteiger partial charge in [-0.1, -0.05) is 171 Å². The van der Waals surface area contributed by atoms with Crippen LogP contribution in [0.4, 0.5) is 0 Å². The quantitative estimate of drug-likeness (QED) is 0.154. The fourth-order valence-corrected chi connectivity index (χ4v) is 7.64. The fourth-order valence-electron chi connectivity index (χ4n) is 7.64. The van der Waals surface area contributed by atoms with Crippen LogP contribution in [0.15, 0.2) is 133 Å². The zero-order valence-corrected chi connectivity index (χ0v) is 39.2. The van der Waals surface area contributed by atoms with Gasteiger partial charge in [0.25, 0.3) is 0 Å². The summed E-state index contributed by atoms with van der Waals surface area (Å²) < 4.78 is 88.1. The van der Waals surface area contributed by atoms with Crippen molar-refractivity contribution in [3.05, 3.63) is 167 Å². The van der Waals surface area contributed by atoms with Gasteiger partial charge in [-0.05, 0) is 98.8 Å². The third kappa shape index (κ3) is 8.86. The predicted octanol–water partition coefficient (Wildman–Crippen LogP) is 15.4. The smallest absolute Gasteiger partial charge is 0.148 e. The van der Waals surface area contributed by atoms with Gasteiger partial charge in [0.05, 0.1) is 26.2 Å². The van der Waals surface area contributed by atoms with E-state index in [1.165, 1.54) is 0 Å². The maximum Gasteiger partial charge on any atom is 0.148 e. The van der Waals surface area contributed by atoms with Crippen molar-refractivity contribution in [1.29, 1.82) is 0 Å². The molecule has 0 unspecified atom stereocenters. The monoisotopic (exact) mass is 1010 g/mol. The summed E-state index contributed by atoms with van der Waals surface area (Å²) in [6, 6.07) is 29.9. The van der Waals surface area contributed by atoms with Crippen LogP contribution < -0.4 is 0 Å². The van der Waals surface area contributed by atoms with Crippen LogP contribution in [0.25, 0.3) is 72.7 Å². The number of phenolic OH excluding ortho intramolecular Hbond substituents is 1. The molecular formula is C57H58N3OPt-. The minimum Gasteiger partial charge on any atom is -0.507 e. The van der Waals surface area contributed by atoms with E-state index in [0.717, 1.165) is 44.6 Å². The van der Waals surface area contributed by atoms with Crippen LogP contribution in [-0.2, 0) is 31.9 Å². The summed E-state index contributed by atoms with van der Waals surface area (Å²) in [4.78, 5) is 9.93. The first-order valence-electron chi connectivity index (χ1n) is 25.9. The van der Waals surface area contributed by atoms with Gasteiger partial charge in [0.15, 0.2) is 0 Å². The third-order valence-corrected chi connectivity index (χ3v) is 11.3. The van der Waals surface area contributed by atoms with Crippen molar-refractivity contribution in [1.82, 2.24) is 14.5 Å². The molecule has 0 aliphatic heterocycles. The number of nitrogens with zero attached hydrogens (tertiary/aromatic N) is 3. The molecule has 0 saturated heterocycles. The Kier molecular flexibility index (Phi) is 9.22. The normalized spacial score (nSPS) is 14.5. The summed E-state index contributed by atoms with van der Waals surface area (Å²) in [7, 11) is 0. The standard InChI is InChI=1S/C57H58N3O.Pt/c1-35(2)41-31-49(36(3)4)54(61)50(32-41)55-59-53-48(18-15-19-52(53)60(55)47-30-42(38-16-13-12-14-17-38)27-46(34-47)57(9,10)11)43-26-44(29-45(28-43)56(6,7)8)51-33-40(24-25-58-51)39-22-20-37(5)21-23-39;/h12-25,27-36,61H,1-11H3;/q-1;/i5D3,20D,21D,22D,23D,24D,25D,33D;. The Labute approximate surface area is 397 Å². The molecule has 62 heavy (non-hydrogen) atoms. The number of hydrogen-bond donors (Lipinski definition) is 1. The predicted molar refractivity (Wildman–Crippen MR) is 257 cm³/mol. The first-order chi connectivity index (χ1) is 33.1. The van der Waals surface area contributed by atoms with Crippen LogP contribution in [0.5, 0.6) is 5.75 Å². The Morgan fingerprint density at radius 1 is 0.677 bits per heavy atom. The number of pyridine rings is 1. The van der Waals surface area contributed by atoms with Gasteiger partial charge < -0.3 is 5.11 Å². The van der Waals surface area contributed by atoms with Gasteiger partial charge in [0.2, 0.25) is 0 Å². The number of fused-ring (bicyclic) bond motifs is 1. The van der Waals surface area contributed by atoms with Crippen molar-refractivity contribution < 1.29 is 39.9 Å². The van der Waals surface area contributed by atoms with Crippen molar-refractivity contribution in [3.63, 3.8) is 0 Å². The number of benzene rings is 6. The van der Waals surface area contributed by atoms with Crippen molar-refractivity contribution >= 4 is 11.0 Å². The van der Waals surface area contributed by atoms with E-state index in [9.17, 15) is 6.48 Å². The summed E-state index contributed by atoms with van der Waals surface area (Å²) in [5, 5.41) is 12.3. The van der Waals surface area contributed by atoms with E-state index in [2.05, 4.69) is 100 Å². The van der Waals surface area contributed by atoms with E-state index in [1.807, 2.05) is 69.3 Å². The Morgan fingerprint density at radius 2 is 1.37 bits per heavy atom. The topological polar surface area (TPSA) is 50.9 Å². The molecule has 0 saturated carbocycles. The van der Waals surface area contributed by atoms with Crippen LogP contribution in [0.3, 0.4) is 0 Å². The molecule has 0 fully saturated rings. The molecule has 2 aromatic heterocycles. The number of phenols is 1. The van der Waals surface area contributed by atoms with Crippen molar-refractivity contribution in [2.75, 3.05) is 0 Å². The van der Waals surface area contributed by atoms with Crippen molar-refractivity contribution in [3.8, 4) is 67.5 Å². The fraction of sp³-hybridized carbons (Fsp3) is 0.263. The van der Waals surface area contributed by atoms with Gasteiger partial charge in [-0.3, -0.25) is 9.55 Å². The van der Waals surface area contributed by atoms with E-state index < -0.39 is 65.8 Å². The Bertz CT molecular complexity index is 3390. The molecule has 0 aliphatic carbocycles. The Balaban J connectivity index is 0.00000760. The SMILES string of the molecule is [2H]c1nc(-c2[c-]c(-c3cccc4c3nc(-c3cc(C(C)C)cc(C(C)C)c3O)n4-c3cc(-c4ccccc4)cc(C(C)(C)C)c3)cc(C(C)(C)C)c2)c([2H])c(-c2c([2H])c([2H])c(C([2H])([2H])[2H])c([2H])c2[2H])c1[2H].[Pt]. The summed E-state index contributed by atoms with van der Waals surface area (Å²) in [5.74, 6) is 0.818. The van der Waals surface area contributed by atoms with E-state index in [4.69, 9.17) is 17.3 Å². The molecular weight excluding hydrogens is 938 g/mol. The van der Waals surface area contributed by atoms with Crippen LogP contribution in [-0.4, -0.2) is 19.6 Å². The molecule has 4 nitrogen and oxygen atoms in total. The Hall–Kier alpha value is -5.57. The molecule has 5 heteroatoms. The van der Waals surface area contributed by atoms with Crippen LogP contribution in [0, 0.1) is 12.9 Å². The van der Waals surface area contributed by atoms with E-state index in [0.29, 0.717) is 28.0 Å². The summed E-state index contributed by atoms with van der Waals surface area (Å²) in [6.07, 6.45) is -0.582. The first kappa shape index (κ1) is 33.0. The Morgan fingerprint density at radius 3 is 2.03 bits per heavy atom. The van der Waals surface area contributed by atoms with Crippen LogP contribution in [0.2, 0.25) is 0 Å². The zero-order valence-electron chi connectivity index (χ0n) is 46.9. The molecule has 0 spiro atoms. The average molecular weight is 1010 g/mol. The third-order valence-electron chi connectivity index (χ3n) is 11.3. The molecule has 8 aromatic rings. The molecule has 0 radical (unpaired) electrons. The van der Waals surface area contributed by atoms with Gasteiger partial charge in [-0.2, -0.15) is 0 Å². The minimum absolute atomic E-state index is 0. The summed E-state index contributed by atoms with van der Waals surface area (Å²) in [5.41, 5.74) is 7.65. The molecule has 0 atom stereocenters. The van der Waals surface area contributed by atoms with E-state index in [1.54, 1.807) is 6.07 Å². The second kappa shape index (κ2) is 17.3. The summed E-state index contributed by atoms with van der Waals surface area (Å²) >= 11 is 0. The first-order valence-corrected chi connectivity index (χ1v) is 20.9. The number of imidazole rings is 1. The summed E-state index contributed by atoms with van der Waals surface area (Å²) in [6.45, 7) is 18.1. The number of para-hydroxylation sites is 1. The average Bonchev–Trinajstić information content (AvgIpc) is 3.69. The second-order valence-corrected chi connectivity index (χ2v) is 18.5. The van der Waals surface area contributed by atoms with Crippen LogP contribution >= 0.6 is 0 Å². The number of aromatic hydroxyl groups is 1. The molecule has 0 aliphatic rings. The maximum absolute atomic E-state index is 12.3. The molecule has 0 bridgehead atoms. The van der Waals surface area contributed by atoms with Gasteiger partial charge in [-0.15, -0.1) is 29.3 Å². The largest absolute Gasteiger partial charge is 0.507 e. The van der Waals surface area contributed by atoms with Crippen molar-refractivity contribution in [2.45, 2.75) is 98.8 Å². The van der Waals surface area contributed by atoms with E-state index >= 15 is 0 Å². The van der Waals surface area contributed by atoms with Gasteiger partial charge in [-0.25, -0.2) is 4.98 Å². The van der Waals surface area contributed by atoms with Gasteiger partial charge >= 0.3 is 0 Å². The van der Waals surface area contributed by atoms with Crippen molar-refractivity contribution in [2.24, 2.45) is 0 Å². The maximum atomic E-state index is 12.3. The molecule has 8 rings (SSSR count). The number of hydrogen-bond acceptors (Lipinski definition) is 3. The van der Waals surface area contributed by atoms with Crippen LogP contribution in [0.1, 0.15) is 123 Å². The zero-order chi connectivity index (χ0) is 52.0. The van der Waals surface area contributed by atoms with Gasteiger partial charge in [0, 0.05) is 42.7 Å². The number of aromatic nitrogens is 3. The number of rotatable bonds is 8. The van der Waals surface area contributed by atoms with Gasteiger partial charge in [0.1, 0.15) is 11.6 Å². The molecule has 0 amide bonds. The molecule has 2 heterocycles. The minimum atomic E-state index is -2.97. The second-order valence-electron chi connectivity index (χ2n) is 18.5.